The van der Waals surface area contributed by atoms with Crippen LogP contribution in [0.25, 0.3) is 0 Å². The second kappa shape index (κ2) is 4.57. The molecule has 12 heavy (non-hydrogen) atoms. The molecular weight excluding hydrogens is 196 g/mol. The summed E-state index contributed by atoms with van der Waals surface area (Å²) in [6, 6.07) is 0. The largest absolute Gasteiger partial charge is 0.386 e. The van der Waals surface area contributed by atoms with Crippen molar-refractivity contribution in [2.24, 2.45) is 0 Å². The van der Waals surface area contributed by atoms with Crippen LogP contribution < -0.4 is 11.5 Å². The van der Waals surface area contributed by atoms with E-state index in [-0.39, 0.29) is 0 Å². The van der Waals surface area contributed by atoms with Crippen molar-refractivity contribution >= 4 is 33.9 Å². The minimum atomic E-state index is 0.324. The molecule has 0 amide bonds. The number of hydrogen-bond donors (Lipinski definition) is 2. The molecule has 0 aliphatic heterocycles. The Bertz CT molecular complexity index is 269. The number of nitrogens with two attached hydrogens (primary N) is 2. The Kier molecular flexibility index (Phi) is 3.35. The van der Waals surface area contributed by atoms with Crippen LogP contribution in [0.2, 0.25) is 0 Å². The fourth-order valence-corrected chi connectivity index (χ4v) is 0.964. The molecule has 0 saturated heterocycles. The van der Waals surface area contributed by atoms with Crippen molar-refractivity contribution in [1.29, 1.82) is 0 Å². The van der Waals surface area contributed by atoms with Crippen molar-refractivity contribution in [3.63, 3.8) is 0 Å². The fraction of sp³-hybridized carbons (Fsp3) is 0. The lowest BCUT2D eigenvalue weighted by molar-refractivity contribution is 1.16. The summed E-state index contributed by atoms with van der Waals surface area (Å²) in [6.07, 6.45) is 1.66. The maximum Gasteiger partial charge on any atom is 0.182 e. The highest BCUT2D eigenvalue weighted by molar-refractivity contribution is 7.10. The van der Waals surface area contributed by atoms with Gasteiger partial charge in [-0.2, -0.15) is 0 Å². The molecular formula is C4H6N6S2. The lowest BCUT2D eigenvalue weighted by Crippen LogP contribution is -1.89. The molecule has 0 radical (unpaired) electrons. The maximum atomic E-state index is 5.21. The quantitative estimate of drug-likeness (QED) is 0.634. The first-order valence-corrected chi connectivity index (χ1v) is 4.46. The average Bonchev–Trinajstić information content (AvgIpc) is 2.67. The van der Waals surface area contributed by atoms with Crippen LogP contribution in [0.3, 0.4) is 0 Å². The van der Waals surface area contributed by atoms with Crippen molar-refractivity contribution in [2.75, 3.05) is 11.5 Å². The Balaban J connectivity index is 0.000000127. The van der Waals surface area contributed by atoms with Gasteiger partial charge in [0.25, 0.3) is 0 Å². The summed E-state index contributed by atoms with van der Waals surface area (Å²) in [7, 11) is 0. The molecule has 0 aromatic carbocycles. The smallest absolute Gasteiger partial charge is 0.182 e. The van der Waals surface area contributed by atoms with Crippen LogP contribution in [0, 0.1) is 0 Å². The summed E-state index contributed by atoms with van der Waals surface area (Å²) in [5, 5.41) is 9.23. The van der Waals surface area contributed by atoms with Crippen LogP contribution in [0.1, 0.15) is 0 Å². The van der Waals surface area contributed by atoms with Gasteiger partial charge in [-0.1, -0.05) is 8.98 Å². The summed E-state index contributed by atoms with van der Waals surface area (Å²) < 4.78 is 6.98. The molecule has 2 rings (SSSR count). The van der Waals surface area contributed by atoms with Crippen LogP contribution in [0.4, 0.5) is 10.8 Å². The van der Waals surface area contributed by atoms with E-state index in [0.717, 1.165) is 11.5 Å². The third-order valence-corrected chi connectivity index (χ3v) is 1.82. The Morgan fingerprint density at radius 1 is 1.25 bits per heavy atom. The molecule has 2 aromatic rings. The second-order valence-corrected chi connectivity index (χ2v) is 3.04. The molecule has 2 heterocycles. The second-order valence-electron chi connectivity index (χ2n) is 1.61. The average molecular weight is 202 g/mol. The normalized spacial score (nSPS) is 8.67. The Hall–Kier alpha value is -1.28. The minimum absolute atomic E-state index is 0.324. The van der Waals surface area contributed by atoms with Gasteiger partial charge >= 0.3 is 0 Å². The summed E-state index contributed by atoms with van der Waals surface area (Å²) in [5.74, 6) is 0.324. The molecule has 2 aromatic heterocycles. The first kappa shape index (κ1) is 8.81. The zero-order valence-electron chi connectivity index (χ0n) is 5.91. The monoisotopic (exact) mass is 202 g/mol. The van der Waals surface area contributed by atoms with Gasteiger partial charge in [0.15, 0.2) is 10.8 Å². The standard InChI is InChI=1S/C2H4N4S.C2H2N2S/c3-1-2(4)7-6-5-1;1-2-5-4-3-1/h3-4H2;1-2H. The molecule has 6 nitrogen and oxygen atoms in total. The number of nitrogens with zero attached hydrogens (tertiary/aromatic N) is 4. The van der Waals surface area contributed by atoms with Crippen LogP contribution >= 0.6 is 23.1 Å². The third-order valence-electron chi connectivity index (χ3n) is 0.823. The van der Waals surface area contributed by atoms with E-state index in [9.17, 15) is 0 Å². The molecule has 0 saturated carbocycles. The molecule has 4 N–H and O–H groups in total. The van der Waals surface area contributed by atoms with Gasteiger partial charge < -0.3 is 11.5 Å². The highest BCUT2D eigenvalue weighted by Gasteiger charge is 1.93. The fourth-order valence-electron chi connectivity index (χ4n) is 0.341. The molecule has 0 aliphatic carbocycles. The number of hydrogen-bond acceptors (Lipinski definition) is 8. The molecule has 0 bridgehead atoms. The van der Waals surface area contributed by atoms with Crippen molar-refractivity contribution in [3.8, 4) is 0 Å². The lowest BCUT2D eigenvalue weighted by Gasteiger charge is -1.76. The molecule has 0 fully saturated rings. The molecule has 64 valence electrons. The van der Waals surface area contributed by atoms with Crippen molar-refractivity contribution in [2.45, 2.75) is 0 Å². The minimum Gasteiger partial charge on any atom is -0.386 e. The SMILES string of the molecule is Nc1nnsc1N.c1csnn1. The van der Waals surface area contributed by atoms with Gasteiger partial charge in [-0.25, -0.2) is 0 Å². The highest BCUT2D eigenvalue weighted by Crippen LogP contribution is 2.12. The Morgan fingerprint density at radius 3 is 2.25 bits per heavy atom. The summed E-state index contributed by atoms with van der Waals surface area (Å²) >= 11 is 2.45. The summed E-state index contributed by atoms with van der Waals surface area (Å²) in [4.78, 5) is 0. The van der Waals surface area contributed by atoms with Crippen LogP contribution in [0.5, 0.6) is 0 Å². The van der Waals surface area contributed by atoms with Gasteiger partial charge in [0, 0.05) is 16.9 Å². The zero-order chi connectivity index (χ0) is 8.81. The molecule has 0 unspecified atom stereocenters. The van der Waals surface area contributed by atoms with E-state index in [1.807, 2.05) is 5.38 Å². The van der Waals surface area contributed by atoms with E-state index >= 15 is 0 Å². The van der Waals surface area contributed by atoms with Crippen molar-refractivity contribution in [3.05, 3.63) is 11.6 Å². The molecule has 0 spiro atoms. The van der Waals surface area contributed by atoms with Gasteiger partial charge in [-0.05, 0) is 11.5 Å². The van der Waals surface area contributed by atoms with E-state index < -0.39 is 0 Å². The predicted octanol–water partition coefficient (Wildman–Crippen LogP) is 0.241. The van der Waals surface area contributed by atoms with Crippen molar-refractivity contribution < 1.29 is 0 Å². The van der Waals surface area contributed by atoms with Gasteiger partial charge in [-0.3, -0.25) is 0 Å². The van der Waals surface area contributed by atoms with E-state index in [1.165, 1.54) is 11.5 Å². The van der Waals surface area contributed by atoms with Gasteiger partial charge in [0.2, 0.25) is 0 Å². The highest BCUT2D eigenvalue weighted by atomic mass is 32.1. The van der Waals surface area contributed by atoms with E-state index in [2.05, 4.69) is 19.2 Å². The van der Waals surface area contributed by atoms with Crippen LogP contribution in [0.15, 0.2) is 11.6 Å². The first-order valence-electron chi connectivity index (χ1n) is 2.85. The molecule has 0 aliphatic rings. The van der Waals surface area contributed by atoms with Crippen LogP contribution in [-0.2, 0) is 0 Å². The molecule has 8 heteroatoms. The lowest BCUT2D eigenvalue weighted by atomic mass is 10.8. The van der Waals surface area contributed by atoms with E-state index in [4.69, 9.17) is 11.5 Å². The number of anilines is 2. The topological polar surface area (TPSA) is 104 Å². The Labute approximate surface area is 76.6 Å². The third kappa shape index (κ3) is 2.76. The summed E-state index contributed by atoms with van der Waals surface area (Å²) in [6.45, 7) is 0. The van der Waals surface area contributed by atoms with Crippen LogP contribution in [-0.4, -0.2) is 19.2 Å². The number of nitrogen functional groups attached to an aromatic ring is 2. The van der Waals surface area contributed by atoms with Gasteiger partial charge in [0.1, 0.15) is 0 Å². The summed E-state index contributed by atoms with van der Waals surface area (Å²) in [5.41, 5.74) is 10.4. The predicted molar refractivity (Wildman–Crippen MR) is 48.6 cm³/mol. The number of aromatic nitrogens is 4. The van der Waals surface area contributed by atoms with Crippen molar-refractivity contribution in [1.82, 2.24) is 19.2 Å². The van der Waals surface area contributed by atoms with Gasteiger partial charge in [0.05, 0.1) is 6.20 Å². The number of rotatable bonds is 0. The zero-order valence-corrected chi connectivity index (χ0v) is 7.55. The molecule has 0 atom stereocenters. The maximum absolute atomic E-state index is 5.21. The Morgan fingerprint density at radius 2 is 2.08 bits per heavy atom. The van der Waals surface area contributed by atoms with E-state index in [0.29, 0.717) is 10.8 Å². The van der Waals surface area contributed by atoms with E-state index in [1.54, 1.807) is 6.20 Å². The first-order chi connectivity index (χ1) is 5.80. The van der Waals surface area contributed by atoms with Gasteiger partial charge in [-0.15, -0.1) is 10.2 Å².